The molecule has 1 amide bonds. The van der Waals surface area contributed by atoms with Crippen LogP contribution in [0.15, 0.2) is 24.3 Å². The highest BCUT2D eigenvalue weighted by atomic mass is 16.5. The topological polar surface area (TPSA) is 67.0 Å². The number of fused-ring (bicyclic) bond motifs is 1. The lowest BCUT2D eigenvalue weighted by Gasteiger charge is -2.34. The summed E-state index contributed by atoms with van der Waals surface area (Å²) < 4.78 is 7.22. The smallest absolute Gasteiger partial charge is 0.261 e. The molecule has 7 heteroatoms. The molecule has 1 aliphatic heterocycles. The van der Waals surface area contributed by atoms with E-state index in [-0.39, 0.29) is 5.91 Å². The Morgan fingerprint density at radius 3 is 2.50 bits per heavy atom. The number of ether oxygens (including phenoxy) is 1. The predicted octanol–water partition coefficient (Wildman–Crippen LogP) is 5.28. The van der Waals surface area contributed by atoms with Crippen molar-refractivity contribution in [2.24, 2.45) is 17.8 Å². The van der Waals surface area contributed by atoms with Gasteiger partial charge in [0.05, 0.1) is 19.8 Å². The van der Waals surface area contributed by atoms with Gasteiger partial charge >= 0.3 is 0 Å². The van der Waals surface area contributed by atoms with Crippen molar-refractivity contribution < 1.29 is 9.53 Å². The van der Waals surface area contributed by atoms with Crippen LogP contribution >= 0.6 is 0 Å². The van der Waals surface area contributed by atoms with Gasteiger partial charge in [0.15, 0.2) is 5.82 Å². The molecule has 34 heavy (non-hydrogen) atoms. The molecule has 1 aliphatic carbocycles. The van der Waals surface area contributed by atoms with Crippen LogP contribution in [-0.2, 0) is 11.2 Å². The number of amides is 1. The molecule has 0 spiro atoms. The number of nitrogens with one attached hydrogen (secondary N) is 1. The van der Waals surface area contributed by atoms with E-state index in [1.807, 2.05) is 12.1 Å². The molecule has 2 fully saturated rings. The second-order valence-electron chi connectivity index (χ2n) is 10.0. The van der Waals surface area contributed by atoms with Gasteiger partial charge in [0.25, 0.3) is 5.91 Å². The van der Waals surface area contributed by atoms with E-state index in [9.17, 15) is 4.79 Å². The zero-order chi connectivity index (χ0) is 23.8. The van der Waals surface area contributed by atoms with Crippen LogP contribution in [0.4, 0.5) is 5.69 Å². The quantitative estimate of drug-likeness (QED) is 0.540. The third kappa shape index (κ3) is 4.01. The van der Waals surface area contributed by atoms with E-state index in [1.54, 1.807) is 9.42 Å². The maximum absolute atomic E-state index is 13.7. The Bertz CT molecular complexity index is 1220. The van der Waals surface area contributed by atoms with Crippen molar-refractivity contribution in [1.82, 2.24) is 19.5 Å². The normalized spacial score (nSPS) is 23.2. The molecule has 1 aromatic carbocycles. The number of carbonyl (C=O) groups excluding carboxylic acids is 1. The Labute approximate surface area is 200 Å². The molecule has 0 bridgehead atoms. The standard InChI is InChI=1S/C27H33N5O2/c1-17-8-10-20(11-9-17)25-29-26-22(16-21-18(2)6-5-7-19(21)3)23(28-4)24(32(26)30-25)27(33)31-12-14-34-15-13-31/h8-11,18-19,21H,5-7,12-16H2,1-3H3,(H,29,30). The van der Waals surface area contributed by atoms with Crippen LogP contribution in [0.3, 0.4) is 0 Å². The van der Waals surface area contributed by atoms with Crippen molar-refractivity contribution in [3.63, 3.8) is 0 Å². The third-order valence-corrected chi connectivity index (χ3v) is 7.81. The summed E-state index contributed by atoms with van der Waals surface area (Å²) in [6.07, 6.45) is 4.47. The van der Waals surface area contributed by atoms with Crippen LogP contribution in [0.25, 0.3) is 21.9 Å². The van der Waals surface area contributed by atoms with Crippen LogP contribution in [0, 0.1) is 31.2 Å². The molecule has 0 radical (unpaired) electrons. The van der Waals surface area contributed by atoms with Gasteiger partial charge in [-0.25, -0.2) is 14.3 Å². The number of aromatic amines is 1. The third-order valence-electron chi connectivity index (χ3n) is 7.81. The molecular weight excluding hydrogens is 426 g/mol. The van der Waals surface area contributed by atoms with Crippen molar-refractivity contribution >= 4 is 17.2 Å². The highest BCUT2D eigenvalue weighted by Crippen LogP contribution is 2.41. The van der Waals surface area contributed by atoms with Gasteiger partial charge in [-0.15, -0.1) is 0 Å². The van der Waals surface area contributed by atoms with Crippen molar-refractivity contribution in [3.05, 3.63) is 52.5 Å². The summed E-state index contributed by atoms with van der Waals surface area (Å²) in [5.41, 5.74) is 4.63. The lowest BCUT2D eigenvalue weighted by Crippen LogP contribution is -2.41. The first-order valence-corrected chi connectivity index (χ1v) is 12.4. The van der Waals surface area contributed by atoms with E-state index in [4.69, 9.17) is 16.3 Å². The number of hydrogen-bond acceptors (Lipinski definition) is 3. The lowest BCUT2D eigenvalue weighted by atomic mass is 9.71. The summed E-state index contributed by atoms with van der Waals surface area (Å²) in [4.78, 5) is 24.3. The Balaban J connectivity index is 1.64. The second kappa shape index (κ2) is 9.27. The summed E-state index contributed by atoms with van der Waals surface area (Å²) >= 11 is 0. The SMILES string of the molecule is [C-]#[N+]c1c(CC2C(C)CCCC2C)c2nc(-c3ccc(C)cc3)[nH]n2c1C(=O)N1CCOCC1. The highest BCUT2D eigenvalue weighted by Gasteiger charge is 2.34. The number of aryl methyl sites for hydroxylation is 1. The molecule has 3 heterocycles. The molecule has 2 aliphatic rings. The first-order valence-electron chi connectivity index (χ1n) is 12.4. The average Bonchev–Trinajstić information content (AvgIpc) is 3.39. The Hall–Kier alpha value is -3.11. The summed E-state index contributed by atoms with van der Waals surface area (Å²) in [7, 11) is 0. The number of H-pyrrole nitrogens is 1. The molecule has 1 N–H and O–H groups in total. The molecule has 178 valence electrons. The number of aromatic nitrogens is 3. The first-order chi connectivity index (χ1) is 16.5. The van der Waals surface area contributed by atoms with Gasteiger partial charge in [-0.05, 0) is 31.1 Å². The van der Waals surface area contributed by atoms with Crippen molar-refractivity contribution in [3.8, 4) is 11.4 Å². The van der Waals surface area contributed by atoms with E-state index in [0.717, 1.165) is 17.5 Å². The van der Waals surface area contributed by atoms with E-state index in [2.05, 4.69) is 42.8 Å². The Morgan fingerprint density at radius 2 is 1.85 bits per heavy atom. The Morgan fingerprint density at radius 1 is 1.18 bits per heavy atom. The fraction of sp³-hybridized carbons (Fsp3) is 0.519. The number of carbonyl (C=O) groups is 1. The maximum atomic E-state index is 13.7. The lowest BCUT2D eigenvalue weighted by molar-refractivity contribution is 0.0298. The monoisotopic (exact) mass is 459 g/mol. The average molecular weight is 460 g/mol. The molecule has 2 unspecified atom stereocenters. The van der Waals surface area contributed by atoms with Gasteiger partial charge in [-0.3, -0.25) is 9.89 Å². The maximum Gasteiger partial charge on any atom is 0.261 e. The van der Waals surface area contributed by atoms with Crippen LogP contribution < -0.4 is 0 Å². The van der Waals surface area contributed by atoms with Gasteiger partial charge in [0, 0.05) is 24.2 Å². The van der Waals surface area contributed by atoms with Crippen molar-refractivity contribution in [2.45, 2.75) is 46.5 Å². The van der Waals surface area contributed by atoms with Crippen molar-refractivity contribution in [2.75, 3.05) is 26.3 Å². The minimum atomic E-state index is -0.126. The minimum absolute atomic E-state index is 0.126. The van der Waals surface area contributed by atoms with Gasteiger partial charge in [0.1, 0.15) is 11.3 Å². The zero-order valence-corrected chi connectivity index (χ0v) is 20.3. The molecule has 1 saturated carbocycles. The molecular formula is C27H33N5O2. The summed E-state index contributed by atoms with van der Waals surface area (Å²) in [5, 5.41) is 3.36. The van der Waals surface area contributed by atoms with Gasteiger partial charge < -0.3 is 9.64 Å². The van der Waals surface area contributed by atoms with E-state index < -0.39 is 0 Å². The molecule has 2 aromatic heterocycles. The van der Waals surface area contributed by atoms with Crippen LogP contribution in [-0.4, -0.2) is 51.7 Å². The molecule has 1 saturated heterocycles. The van der Waals surface area contributed by atoms with Crippen LogP contribution in [0.1, 0.15) is 54.7 Å². The van der Waals surface area contributed by atoms with Gasteiger partial charge in [0.2, 0.25) is 5.69 Å². The predicted molar refractivity (Wildman–Crippen MR) is 132 cm³/mol. The highest BCUT2D eigenvalue weighted by molar-refractivity contribution is 6.01. The minimum Gasteiger partial charge on any atom is -0.378 e. The van der Waals surface area contributed by atoms with Crippen molar-refractivity contribution in [1.29, 1.82) is 0 Å². The fourth-order valence-electron chi connectivity index (χ4n) is 5.71. The summed E-state index contributed by atoms with van der Waals surface area (Å²) in [6.45, 7) is 16.9. The van der Waals surface area contributed by atoms with Gasteiger partial charge in [-0.2, -0.15) is 0 Å². The Kier molecular flexibility index (Phi) is 6.18. The number of benzene rings is 1. The van der Waals surface area contributed by atoms with Crippen LogP contribution in [0.5, 0.6) is 0 Å². The van der Waals surface area contributed by atoms with Crippen LogP contribution in [0.2, 0.25) is 0 Å². The molecule has 7 nitrogen and oxygen atoms in total. The zero-order valence-electron chi connectivity index (χ0n) is 20.3. The molecule has 2 atom stereocenters. The van der Waals surface area contributed by atoms with E-state index in [1.165, 1.54) is 24.8 Å². The number of nitrogens with zero attached hydrogens (tertiary/aromatic N) is 4. The molecule has 3 aromatic rings. The fourth-order valence-corrected chi connectivity index (χ4v) is 5.71. The van der Waals surface area contributed by atoms with E-state index >= 15 is 0 Å². The largest absolute Gasteiger partial charge is 0.378 e. The van der Waals surface area contributed by atoms with Gasteiger partial charge in [-0.1, -0.05) is 62.9 Å². The molecule has 5 rings (SSSR count). The number of hydrogen-bond donors (Lipinski definition) is 1. The second-order valence-corrected chi connectivity index (χ2v) is 10.0. The summed E-state index contributed by atoms with van der Waals surface area (Å²) in [5.74, 6) is 2.25. The number of rotatable bonds is 4. The summed E-state index contributed by atoms with van der Waals surface area (Å²) in [6, 6.07) is 8.20. The first kappa shape index (κ1) is 22.7. The number of morpholine rings is 1. The van der Waals surface area contributed by atoms with E-state index in [0.29, 0.717) is 66.9 Å².